The Hall–Kier alpha value is -2.67. The van der Waals surface area contributed by atoms with Crippen LogP contribution in [0.5, 0.6) is 11.5 Å². The van der Waals surface area contributed by atoms with Gasteiger partial charge in [-0.05, 0) is 37.0 Å². The summed E-state index contributed by atoms with van der Waals surface area (Å²) in [4.78, 5) is 9.43. The van der Waals surface area contributed by atoms with Gasteiger partial charge in [0.1, 0.15) is 6.10 Å². The lowest BCUT2D eigenvalue weighted by Gasteiger charge is -2.17. The highest BCUT2D eigenvalue weighted by molar-refractivity contribution is 7.99. The zero-order valence-electron chi connectivity index (χ0n) is 19.2. The minimum absolute atomic E-state index is 0.181. The van der Waals surface area contributed by atoms with E-state index in [0.29, 0.717) is 34.5 Å². The number of aromatic nitrogens is 5. The van der Waals surface area contributed by atoms with Gasteiger partial charge in [0.05, 0.1) is 12.1 Å². The molecule has 6 rings (SSSR count). The van der Waals surface area contributed by atoms with Crippen molar-refractivity contribution in [2.75, 3.05) is 24.5 Å². The number of nitrogens with one attached hydrogen (secondary N) is 1. The van der Waals surface area contributed by atoms with Gasteiger partial charge in [0, 0.05) is 30.2 Å². The fourth-order valence-electron chi connectivity index (χ4n) is 4.96. The van der Waals surface area contributed by atoms with Crippen molar-refractivity contribution in [3.05, 3.63) is 23.8 Å². The van der Waals surface area contributed by atoms with Crippen LogP contribution >= 0.6 is 11.8 Å². The third-order valence-corrected chi connectivity index (χ3v) is 8.05. The Balaban J connectivity index is 1.29. The molecule has 1 aliphatic heterocycles. The Morgan fingerprint density at radius 3 is 2.80 bits per heavy atom. The van der Waals surface area contributed by atoms with E-state index < -0.39 is 24.2 Å². The number of hydrogen-bond acceptors (Lipinski definition) is 11. The summed E-state index contributed by atoms with van der Waals surface area (Å²) < 4.78 is 12.5. The van der Waals surface area contributed by atoms with Crippen molar-refractivity contribution < 1.29 is 24.8 Å². The van der Waals surface area contributed by atoms with Crippen LogP contribution in [0.1, 0.15) is 43.7 Å². The molecular formula is C23H28N6O5S. The highest BCUT2D eigenvalue weighted by atomic mass is 32.2. The van der Waals surface area contributed by atoms with E-state index >= 15 is 0 Å². The van der Waals surface area contributed by atoms with Crippen molar-refractivity contribution in [2.24, 2.45) is 5.92 Å². The first kappa shape index (κ1) is 22.8. The lowest BCUT2D eigenvalue weighted by atomic mass is 10.1. The summed E-state index contributed by atoms with van der Waals surface area (Å²) in [6.45, 7) is 2.15. The first-order valence-corrected chi connectivity index (χ1v) is 12.9. The molecule has 2 aliphatic carbocycles. The van der Waals surface area contributed by atoms with E-state index in [0.717, 1.165) is 30.1 Å². The minimum atomic E-state index is -1.06. The molecule has 12 heteroatoms. The predicted octanol–water partition coefficient (Wildman–Crippen LogP) is 1.70. The molecular weight excluding hydrogens is 472 g/mol. The summed E-state index contributed by atoms with van der Waals surface area (Å²) in [5, 5.41) is 43.3. The van der Waals surface area contributed by atoms with Crippen LogP contribution in [0.2, 0.25) is 0 Å². The maximum Gasteiger partial charge on any atom is 0.231 e. The maximum atomic E-state index is 10.6. The largest absolute Gasteiger partial charge is 0.454 e. The van der Waals surface area contributed by atoms with Crippen molar-refractivity contribution in [3.8, 4) is 11.5 Å². The summed E-state index contributed by atoms with van der Waals surface area (Å²) in [6.07, 6.45) is 0.228. The third-order valence-electron chi connectivity index (χ3n) is 7.00. The molecule has 186 valence electrons. The lowest BCUT2D eigenvalue weighted by Crippen LogP contribution is -2.30. The molecule has 0 spiro atoms. The van der Waals surface area contributed by atoms with Crippen LogP contribution < -0.4 is 14.8 Å². The zero-order valence-corrected chi connectivity index (χ0v) is 20.1. The number of aliphatic hydroxyl groups is 3. The molecule has 1 aromatic carbocycles. The van der Waals surface area contributed by atoms with Gasteiger partial charge in [-0.1, -0.05) is 30.0 Å². The number of anilines is 1. The molecule has 2 aromatic heterocycles. The molecule has 0 amide bonds. The van der Waals surface area contributed by atoms with Gasteiger partial charge in [0.15, 0.2) is 33.6 Å². The number of ether oxygens (including phenoxy) is 2. The minimum Gasteiger partial charge on any atom is -0.454 e. The molecule has 4 unspecified atom stereocenters. The number of nitrogens with zero attached hydrogens (tertiary/aromatic N) is 5. The van der Waals surface area contributed by atoms with Crippen LogP contribution in [-0.4, -0.2) is 77.7 Å². The molecule has 4 N–H and O–H groups in total. The predicted molar refractivity (Wildman–Crippen MR) is 128 cm³/mol. The number of benzene rings is 1. The number of hydrogen-bond donors (Lipinski definition) is 4. The van der Waals surface area contributed by atoms with E-state index in [2.05, 4.69) is 28.6 Å². The first-order chi connectivity index (χ1) is 17.1. The van der Waals surface area contributed by atoms with Crippen LogP contribution in [0.4, 0.5) is 5.82 Å². The van der Waals surface area contributed by atoms with E-state index in [1.54, 1.807) is 16.4 Å². The number of rotatable bonds is 8. The summed E-state index contributed by atoms with van der Waals surface area (Å²) in [5.41, 5.74) is 2.21. The van der Waals surface area contributed by atoms with Gasteiger partial charge in [0.25, 0.3) is 0 Å². The van der Waals surface area contributed by atoms with Gasteiger partial charge < -0.3 is 30.1 Å². The van der Waals surface area contributed by atoms with Crippen LogP contribution in [0.15, 0.2) is 23.4 Å². The molecule has 3 aromatic rings. The Bertz CT molecular complexity index is 1240. The monoisotopic (exact) mass is 500 g/mol. The van der Waals surface area contributed by atoms with Crippen molar-refractivity contribution >= 4 is 28.7 Å². The average molecular weight is 501 g/mol. The molecule has 2 fully saturated rings. The van der Waals surface area contributed by atoms with Crippen LogP contribution in [-0.2, 0) is 0 Å². The summed E-state index contributed by atoms with van der Waals surface area (Å²) in [7, 11) is 0. The number of aliphatic hydroxyl groups excluding tert-OH is 3. The summed E-state index contributed by atoms with van der Waals surface area (Å²) in [6, 6.07) is 5.70. The third kappa shape index (κ3) is 4.07. The summed E-state index contributed by atoms with van der Waals surface area (Å²) in [5.74, 6) is 2.92. The average Bonchev–Trinajstić information content (AvgIpc) is 3.17. The Morgan fingerprint density at radius 2 is 2.00 bits per heavy atom. The van der Waals surface area contributed by atoms with Crippen molar-refractivity contribution in [2.45, 2.75) is 61.6 Å². The van der Waals surface area contributed by atoms with Crippen molar-refractivity contribution in [3.63, 3.8) is 0 Å². The topological polar surface area (TPSA) is 148 Å². The van der Waals surface area contributed by atoms with Crippen LogP contribution in [0, 0.1) is 5.92 Å². The highest BCUT2D eigenvalue weighted by Gasteiger charge is 2.44. The fourth-order valence-corrected chi connectivity index (χ4v) is 5.65. The molecule has 6 atom stereocenters. The van der Waals surface area contributed by atoms with E-state index in [1.807, 2.05) is 12.1 Å². The van der Waals surface area contributed by atoms with E-state index in [-0.39, 0.29) is 19.4 Å². The van der Waals surface area contributed by atoms with E-state index in [1.165, 1.54) is 5.56 Å². The second-order valence-corrected chi connectivity index (χ2v) is 10.4. The molecule has 0 bridgehead atoms. The molecule has 11 nitrogen and oxygen atoms in total. The van der Waals surface area contributed by atoms with Crippen molar-refractivity contribution in [1.82, 2.24) is 25.0 Å². The quantitative estimate of drug-likeness (QED) is 0.264. The molecule has 3 aliphatic rings. The van der Waals surface area contributed by atoms with Crippen LogP contribution in [0.25, 0.3) is 11.2 Å². The van der Waals surface area contributed by atoms with Crippen molar-refractivity contribution in [1.29, 1.82) is 0 Å². The molecule has 35 heavy (non-hydrogen) atoms. The van der Waals surface area contributed by atoms with Gasteiger partial charge in [0.2, 0.25) is 6.79 Å². The van der Waals surface area contributed by atoms with Gasteiger partial charge in [-0.25, -0.2) is 14.6 Å². The van der Waals surface area contributed by atoms with E-state index in [4.69, 9.17) is 19.4 Å². The van der Waals surface area contributed by atoms with Gasteiger partial charge in [-0.15, -0.1) is 5.10 Å². The lowest BCUT2D eigenvalue weighted by molar-refractivity contribution is -0.00512. The standard InChI is InChI=1S/C23H28N6O5S/c1-2-5-35-23-25-21(24-14-8-13(14)11-3-4-16-17(7-11)34-10-33-16)18-22(26-23)29(28-27-18)15-6-12(9-30)19(31)20(15)32/h3-4,7,12-15,19-20,30-32H,2,5-6,8-10H2,1H3,(H,24,25,26)/t12?,13-,14+,15?,19?,20?/m0/s1. The van der Waals surface area contributed by atoms with Gasteiger partial charge in [-0.2, -0.15) is 0 Å². The Labute approximate surface area is 205 Å². The summed E-state index contributed by atoms with van der Waals surface area (Å²) >= 11 is 1.56. The highest BCUT2D eigenvalue weighted by Crippen LogP contribution is 2.46. The maximum absolute atomic E-state index is 10.6. The zero-order chi connectivity index (χ0) is 24.1. The van der Waals surface area contributed by atoms with Gasteiger partial charge >= 0.3 is 0 Å². The molecule has 0 saturated heterocycles. The smallest absolute Gasteiger partial charge is 0.231 e. The molecule has 0 radical (unpaired) electrons. The second-order valence-electron chi connectivity index (χ2n) is 9.34. The van der Waals surface area contributed by atoms with Crippen LogP contribution in [0.3, 0.4) is 0 Å². The Kier molecular flexibility index (Phi) is 5.91. The second kappa shape index (κ2) is 9.08. The number of thioether (sulfide) groups is 1. The SMILES string of the molecule is CCCSc1nc(N[C@@H]2C[C@H]2c2ccc3c(c2)OCO3)c2nnn(C3CC(CO)C(O)C3O)c2n1. The fraction of sp³-hybridized carbons (Fsp3) is 0.565. The Morgan fingerprint density at radius 1 is 1.14 bits per heavy atom. The van der Waals surface area contributed by atoms with Gasteiger partial charge in [-0.3, -0.25) is 0 Å². The van der Waals surface area contributed by atoms with E-state index in [9.17, 15) is 15.3 Å². The molecule has 3 heterocycles. The first-order valence-electron chi connectivity index (χ1n) is 12.0. The molecule has 2 saturated carbocycles. The normalized spacial score (nSPS) is 29.1. The number of fused-ring (bicyclic) bond motifs is 2.